The van der Waals surface area contributed by atoms with Crippen molar-refractivity contribution in [3.63, 3.8) is 0 Å². The number of aromatic hydroxyl groups is 1. The van der Waals surface area contributed by atoms with E-state index in [1.807, 2.05) is 0 Å². The summed E-state index contributed by atoms with van der Waals surface area (Å²) in [6, 6.07) is 2.84. The first-order chi connectivity index (χ1) is 7.52. The van der Waals surface area contributed by atoms with Crippen LogP contribution in [-0.2, 0) is 4.79 Å². The maximum absolute atomic E-state index is 11.4. The molecule has 0 atom stereocenters. The third-order valence-corrected chi connectivity index (χ3v) is 2.44. The molecule has 0 saturated heterocycles. The van der Waals surface area contributed by atoms with Gasteiger partial charge in [0, 0.05) is 11.7 Å². The van der Waals surface area contributed by atoms with Gasteiger partial charge in [-0.15, -0.1) is 0 Å². The van der Waals surface area contributed by atoms with Gasteiger partial charge in [0.05, 0.1) is 10.9 Å². The molecule has 78 valence electrons. The Labute approximate surface area is 96.6 Å². The molecule has 1 aromatic carbocycles. The largest absolute Gasteiger partial charge is 0.507 e. The number of hydrogen-bond donors (Lipinski definition) is 2. The molecule has 0 aliphatic carbocycles. The highest BCUT2D eigenvalue weighted by Gasteiger charge is 2.20. The zero-order chi connectivity index (χ0) is 11.9. The Kier molecular flexibility index (Phi) is 2.48. The smallest absolute Gasteiger partial charge is 0.293 e. The van der Waals surface area contributed by atoms with Crippen LogP contribution in [0.5, 0.6) is 5.75 Å². The second kappa shape index (κ2) is 3.68. The van der Waals surface area contributed by atoms with E-state index in [1.165, 1.54) is 18.3 Å². The minimum absolute atomic E-state index is 0.0137. The third-order valence-electron chi connectivity index (χ3n) is 2.27. The van der Waals surface area contributed by atoms with Crippen LogP contribution in [0.1, 0.15) is 10.4 Å². The fourth-order valence-electron chi connectivity index (χ4n) is 1.54. The van der Waals surface area contributed by atoms with E-state index in [9.17, 15) is 14.7 Å². The van der Waals surface area contributed by atoms with Gasteiger partial charge in [0.1, 0.15) is 13.6 Å². The van der Waals surface area contributed by atoms with Crippen LogP contribution in [-0.4, -0.2) is 29.0 Å². The number of aromatic nitrogens is 1. The van der Waals surface area contributed by atoms with Crippen molar-refractivity contribution >= 4 is 46.8 Å². The van der Waals surface area contributed by atoms with E-state index in [4.69, 9.17) is 19.4 Å². The average molecular weight is 233 g/mol. The van der Waals surface area contributed by atoms with E-state index in [0.717, 1.165) is 0 Å². The molecule has 2 rings (SSSR count). The molecule has 2 aromatic rings. The monoisotopic (exact) mass is 233 g/mol. The van der Waals surface area contributed by atoms with Crippen molar-refractivity contribution in [2.75, 3.05) is 0 Å². The molecule has 0 aliphatic heterocycles. The van der Waals surface area contributed by atoms with Crippen molar-refractivity contribution < 1.29 is 14.7 Å². The zero-order valence-electron chi connectivity index (χ0n) is 7.95. The number of carbonyl (C=O) groups excluding carboxylic acids is 2. The van der Waals surface area contributed by atoms with Crippen molar-refractivity contribution in [3.05, 3.63) is 23.9 Å². The lowest BCUT2D eigenvalue weighted by molar-refractivity contribution is -0.108. The van der Waals surface area contributed by atoms with E-state index in [2.05, 4.69) is 4.98 Å². The zero-order valence-corrected chi connectivity index (χ0v) is 8.71. The predicted molar refractivity (Wildman–Crippen MR) is 60.5 cm³/mol. The van der Waals surface area contributed by atoms with Gasteiger partial charge in [-0.1, -0.05) is 11.5 Å². The van der Waals surface area contributed by atoms with E-state index in [1.54, 1.807) is 0 Å². The summed E-state index contributed by atoms with van der Waals surface area (Å²) in [5.74, 6) is -1.01. The minimum Gasteiger partial charge on any atom is -0.507 e. The molecule has 1 aromatic heterocycles. The number of H-pyrrole nitrogens is 1. The van der Waals surface area contributed by atoms with Crippen LogP contribution in [0.3, 0.4) is 0 Å². The number of aromatic amines is 1. The predicted octanol–water partition coefficient (Wildman–Crippen LogP) is 0.615. The topological polar surface area (TPSA) is 70.2 Å². The number of halogens is 1. The Balaban J connectivity index is 2.78. The van der Waals surface area contributed by atoms with Crippen LogP contribution in [0, 0.1) is 0 Å². The summed E-state index contributed by atoms with van der Waals surface area (Å²) < 4.78 is 0. The molecule has 16 heavy (non-hydrogen) atoms. The summed E-state index contributed by atoms with van der Waals surface area (Å²) in [4.78, 5) is 24.9. The number of phenolic OH excluding ortho intramolecular Hbond substituents is 1. The number of benzene rings is 1. The van der Waals surface area contributed by atoms with E-state index < -0.39 is 11.0 Å². The highest BCUT2D eigenvalue weighted by molar-refractivity contribution is 6.83. The molecule has 0 saturated carbocycles. The van der Waals surface area contributed by atoms with E-state index in [0.29, 0.717) is 11.0 Å². The van der Waals surface area contributed by atoms with Gasteiger partial charge in [-0.25, -0.2) is 0 Å². The lowest BCUT2D eigenvalue weighted by Gasteiger charge is -2.00. The normalized spacial score (nSPS) is 10.6. The fraction of sp³-hybridized carbons (Fsp3) is 0. The van der Waals surface area contributed by atoms with E-state index in [-0.39, 0.29) is 16.7 Å². The SMILES string of the molecule is [B]c1ccc(O)c2c(C(=O)C(=O)Cl)c[nH]c12. The number of hydrogen-bond acceptors (Lipinski definition) is 3. The molecule has 4 nitrogen and oxygen atoms in total. The Hall–Kier alpha value is -1.75. The average Bonchev–Trinajstić information content (AvgIpc) is 2.67. The van der Waals surface area contributed by atoms with Gasteiger partial charge in [0.2, 0.25) is 5.78 Å². The van der Waals surface area contributed by atoms with Crippen molar-refractivity contribution in [3.8, 4) is 5.75 Å². The molecule has 0 fully saturated rings. The molecule has 0 bridgehead atoms. The molecule has 2 N–H and O–H groups in total. The fourth-order valence-corrected chi connectivity index (χ4v) is 1.64. The summed E-state index contributed by atoms with van der Waals surface area (Å²) in [6.45, 7) is 0. The summed E-state index contributed by atoms with van der Waals surface area (Å²) in [5, 5.41) is 8.71. The first-order valence-electron chi connectivity index (χ1n) is 4.35. The molecule has 2 radical (unpaired) electrons. The standard InChI is InChI=1S/C10H5BClNO3/c11-5-1-2-6(14)7-4(3-13-8(5)7)9(15)10(12)16/h1-3,13-14H. The van der Waals surface area contributed by atoms with Crippen molar-refractivity contribution in [1.82, 2.24) is 4.98 Å². The Morgan fingerprint density at radius 1 is 1.38 bits per heavy atom. The highest BCUT2D eigenvalue weighted by Crippen LogP contribution is 2.26. The summed E-state index contributed by atoms with van der Waals surface area (Å²) in [5.41, 5.74) is 0.787. The minimum atomic E-state index is -1.11. The highest BCUT2D eigenvalue weighted by atomic mass is 35.5. The second-order valence-electron chi connectivity index (χ2n) is 3.23. The number of Topliss-reactive ketones (excluding diaryl/α,β-unsaturated/α-hetero) is 1. The number of fused-ring (bicyclic) bond motifs is 1. The van der Waals surface area contributed by atoms with Crippen LogP contribution in [0.15, 0.2) is 18.3 Å². The van der Waals surface area contributed by atoms with Crippen molar-refractivity contribution in [2.45, 2.75) is 0 Å². The van der Waals surface area contributed by atoms with Crippen LogP contribution in [0.25, 0.3) is 10.9 Å². The number of nitrogens with one attached hydrogen (secondary N) is 1. The van der Waals surface area contributed by atoms with Gasteiger partial charge < -0.3 is 10.1 Å². The third kappa shape index (κ3) is 1.49. The lowest BCUT2D eigenvalue weighted by Crippen LogP contribution is -2.07. The molecule has 0 spiro atoms. The number of ketones is 1. The second-order valence-corrected chi connectivity index (χ2v) is 3.57. The van der Waals surface area contributed by atoms with Gasteiger partial charge in [-0.3, -0.25) is 9.59 Å². The molecule has 6 heteroatoms. The van der Waals surface area contributed by atoms with Crippen LogP contribution in [0.4, 0.5) is 0 Å². The first-order valence-corrected chi connectivity index (χ1v) is 4.73. The molecule has 1 heterocycles. The van der Waals surface area contributed by atoms with Crippen molar-refractivity contribution in [2.24, 2.45) is 0 Å². The lowest BCUT2D eigenvalue weighted by atomic mass is 9.92. The molecule has 0 aliphatic rings. The summed E-state index contributed by atoms with van der Waals surface area (Å²) in [7, 11) is 5.64. The number of carbonyl (C=O) groups is 2. The van der Waals surface area contributed by atoms with Crippen LogP contribution >= 0.6 is 11.6 Å². The number of phenols is 1. The molecular formula is C10H5BClNO3. The first kappa shape index (κ1) is 10.8. The number of rotatable bonds is 2. The maximum Gasteiger partial charge on any atom is 0.293 e. The van der Waals surface area contributed by atoms with Gasteiger partial charge in [0.15, 0.2) is 0 Å². The molecule has 0 amide bonds. The van der Waals surface area contributed by atoms with Crippen LogP contribution < -0.4 is 5.46 Å². The molecular weight excluding hydrogens is 228 g/mol. The van der Waals surface area contributed by atoms with Gasteiger partial charge in [-0.05, 0) is 17.7 Å². The van der Waals surface area contributed by atoms with Crippen molar-refractivity contribution in [1.29, 1.82) is 0 Å². The molecule has 0 unspecified atom stereocenters. The Morgan fingerprint density at radius 3 is 2.69 bits per heavy atom. The Bertz CT molecular complexity index is 605. The summed E-state index contributed by atoms with van der Waals surface area (Å²) in [6.07, 6.45) is 1.30. The van der Waals surface area contributed by atoms with E-state index >= 15 is 0 Å². The quantitative estimate of drug-likeness (QED) is 0.346. The van der Waals surface area contributed by atoms with Gasteiger partial charge in [0.25, 0.3) is 5.24 Å². The maximum atomic E-state index is 11.4. The van der Waals surface area contributed by atoms with Crippen LogP contribution in [0.2, 0.25) is 0 Å². The van der Waals surface area contributed by atoms with Gasteiger partial charge >= 0.3 is 0 Å². The summed E-state index contributed by atoms with van der Waals surface area (Å²) >= 11 is 5.10. The van der Waals surface area contributed by atoms with Gasteiger partial charge in [-0.2, -0.15) is 0 Å². The Morgan fingerprint density at radius 2 is 2.06 bits per heavy atom.